The smallest absolute Gasteiger partial charge is 0.303 e. The molecule has 3 nitrogen and oxygen atoms in total. The van der Waals surface area contributed by atoms with Gasteiger partial charge < -0.3 is 10.2 Å². The standard InChI is InChI=1S/C18H29BrO3/c19-16-12-14-17(20)13-10-8-6-4-2-1-3-5-7-9-11-15-18(21)22/h8,10,14,16-17,20H,1-7,9,11,13,15H2,(H,21,22)/b10-8+/t12?,17-/m0/s1. The van der Waals surface area contributed by atoms with E-state index < -0.39 is 12.1 Å². The van der Waals surface area contributed by atoms with Gasteiger partial charge in [0.15, 0.2) is 0 Å². The summed E-state index contributed by atoms with van der Waals surface area (Å²) in [4.78, 5) is 11.9. The lowest BCUT2D eigenvalue weighted by Gasteiger charge is -2.01. The number of aliphatic hydroxyl groups is 1. The fourth-order valence-corrected chi connectivity index (χ4v) is 2.32. The Morgan fingerprint density at radius 1 is 1.00 bits per heavy atom. The summed E-state index contributed by atoms with van der Waals surface area (Å²) in [5.41, 5.74) is 2.80. The Morgan fingerprint density at radius 2 is 1.59 bits per heavy atom. The molecule has 0 amide bonds. The maximum Gasteiger partial charge on any atom is 0.303 e. The normalized spacial score (nSPS) is 12.1. The van der Waals surface area contributed by atoms with Crippen molar-refractivity contribution in [1.82, 2.24) is 0 Å². The monoisotopic (exact) mass is 372 g/mol. The number of carboxylic acids is 1. The molecular weight excluding hydrogens is 344 g/mol. The molecule has 0 aliphatic rings. The molecule has 4 heteroatoms. The Labute approximate surface area is 142 Å². The second kappa shape index (κ2) is 16.5. The maximum atomic E-state index is 10.3. The van der Waals surface area contributed by atoms with E-state index >= 15 is 0 Å². The van der Waals surface area contributed by atoms with Gasteiger partial charge in [-0.1, -0.05) is 66.6 Å². The van der Waals surface area contributed by atoms with Gasteiger partial charge in [-0.3, -0.25) is 4.79 Å². The third-order valence-electron chi connectivity index (χ3n) is 3.41. The molecule has 0 radical (unpaired) electrons. The third kappa shape index (κ3) is 17.2. The van der Waals surface area contributed by atoms with Gasteiger partial charge in [0.25, 0.3) is 0 Å². The van der Waals surface area contributed by atoms with Crippen molar-refractivity contribution in [2.75, 3.05) is 0 Å². The lowest BCUT2D eigenvalue weighted by molar-refractivity contribution is -0.137. The molecule has 22 heavy (non-hydrogen) atoms. The lowest BCUT2D eigenvalue weighted by atomic mass is 10.1. The second-order valence-electron chi connectivity index (χ2n) is 5.48. The van der Waals surface area contributed by atoms with Gasteiger partial charge >= 0.3 is 5.97 Å². The number of unbranched alkanes of at least 4 members (excludes halogenated alkanes) is 8. The number of allylic oxidation sites excluding steroid dienone is 1. The quantitative estimate of drug-likeness (QED) is 0.245. The highest BCUT2D eigenvalue weighted by Gasteiger charge is 1.96. The molecular formula is C18H29BrO3. The minimum Gasteiger partial charge on any atom is -0.481 e. The van der Waals surface area contributed by atoms with Crippen LogP contribution in [0.25, 0.3) is 0 Å². The zero-order valence-corrected chi connectivity index (χ0v) is 14.9. The van der Waals surface area contributed by atoms with E-state index in [-0.39, 0.29) is 0 Å². The Kier molecular flexibility index (Phi) is 15.9. The molecule has 0 fully saturated rings. The summed E-state index contributed by atoms with van der Waals surface area (Å²) in [5.74, 6) is -0.684. The van der Waals surface area contributed by atoms with Crippen LogP contribution in [-0.2, 0) is 4.79 Å². The molecule has 0 saturated carbocycles. The van der Waals surface area contributed by atoms with Crippen LogP contribution in [0.4, 0.5) is 0 Å². The molecule has 0 heterocycles. The van der Waals surface area contributed by atoms with Crippen LogP contribution in [0.3, 0.4) is 0 Å². The van der Waals surface area contributed by atoms with Crippen molar-refractivity contribution in [3.05, 3.63) is 28.9 Å². The van der Waals surface area contributed by atoms with Crippen LogP contribution in [0.15, 0.2) is 28.9 Å². The van der Waals surface area contributed by atoms with Crippen LogP contribution < -0.4 is 0 Å². The van der Waals surface area contributed by atoms with Gasteiger partial charge in [0.05, 0.1) is 6.10 Å². The number of aliphatic carboxylic acids is 1. The van der Waals surface area contributed by atoms with E-state index in [1.807, 2.05) is 6.08 Å². The highest BCUT2D eigenvalue weighted by atomic mass is 79.9. The van der Waals surface area contributed by atoms with Gasteiger partial charge in [0, 0.05) is 11.4 Å². The summed E-state index contributed by atoms with van der Waals surface area (Å²) >= 11 is 3.10. The van der Waals surface area contributed by atoms with E-state index in [2.05, 4.69) is 27.7 Å². The number of carbonyl (C=O) groups is 1. The van der Waals surface area contributed by atoms with E-state index in [0.29, 0.717) is 12.8 Å². The molecule has 0 aromatic carbocycles. The number of hydrogen-bond acceptors (Lipinski definition) is 2. The first-order valence-electron chi connectivity index (χ1n) is 8.23. The Bertz CT molecular complexity index is 357. The summed E-state index contributed by atoms with van der Waals surface area (Å²) in [6.45, 7) is 0. The minimum atomic E-state index is -0.684. The maximum absolute atomic E-state index is 10.3. The van der Waals surface area contributed by atoms with Gasteiger partial charge in [-0.05, 0) is 31.8 Å². The molecule has 0 aliphatic carbocycles. The van der Waals surface area contributed by atoms with Crippen LogP contribution in [-0.4, -0.2) is 22.3 Å². The summed E-state index contributed by atoms with van der Waals surface area (Å²) < 4.78 is 0. The van der Waals surface area contributed by atoms with Crippen LogP contribution in [0.2, 0.25) is 0 Å². The third-order valence-corrected chi connectivity index (χ3v) is 3.67. The number of halogens is 1. The fourth-order valence-electron chi connectivity index (χ4n) is 2.17. The minimum absolute atomic E-state index is 0.309. The molecule has 0 spiro atoms. The Balaban J connectivity index is 3.26. The SMILES string of the molecule is O=C(O)CCCCCCCCCC/C=C/C[C@H](O)C=C=CBr. The van der Waals surface area contributed by atoms with Crippen molar-refractivity contribution < 1.29 is 15.0 Å². The molecule has 0 aliphatic heterocycles. The van der Waals surface area contributed by atoms with Crippen molar-refractivity contribution >= 4 is 21.9 Å². The van der Waals surface area contributed by atoms with Gasteiger partial charge in [-0.2, -0.15) is 0 Å². The fraction of sp³-hybridized carbons (Fsp3) is 0.667. The van der Waals surface area contributed by atoms with Crippen molar-refractivity contribution in [3.8, 4) is 0 Å². The highest BCUT2D eigenvalue weighted by Crippen LogP contribution is 2.11. The predicted molar refractivity (Wildman–Crippen MR) is 95.1 cm³/mol. The van der Waals surface area contributed by atoms with Gasteiger partial charge in [0.2, 0.25) is 0 Å². The molecule has 0 unspecified atom stereocenters. The molecule has 126 valence electrons. The van der Waals surface area contributed by atoms with E-state index in [0.717, 1.165) is 25.7 Å². The van der Waals surface area contributed by atoms with E-state index in [1.165, 1.54) is 32.1 Å². The topological polar surface area (TPSA) is 57.5 Å². The largest absolute Gasteiger partial charge is 0.481 e. The van der Waals surface area contributed by atoms with Crippen molar-refractivity contribution in [2.45, 2.75) is 76.7 Å². The van der Waals surface area contributed by atoms with Crippen LogP contribution in [0.5, 0.6) is 0 Å². The van der Waals surface area contributed by atoms with Crippen LogP contribution >= 0.6 is 15.9 Å². The summed E-state index contributed by atoms with van der Waals surface area (Å²) in [7, 11) is 0. The van der Waals surface area contributed by atoms with Gasteiger partial charge in [0.1, 0.15) is 0 Å². The zero-order chi connectivity index (χ0) is 16.5. The van der Waals surface area contributed by atoms with Crippen molar-refractivity contribution in [2.24, 2.45) is 0 Å². The molecule has 0 bridgehead atoms. The number of hydrogen-bond donors (Lipinski definition) is 2. The molecule has 1 atom stereocenters. The van der Waals surface area contributed by atoms with Crippen LogP contribution in [0, 0.1) is 0 Å². The average Bonchev–Trinajstić information content (AvgIpc) is 2.49. The van der Waals surface area contributed by atoms with Gasteiger partial charge in [-0.15, -0.1) is 5.73 Å². The Hall–Kier alpha value is -0.830. The van der Waals surface area contributed by atoms with Gasteiger partial charge in [-0.25, -0.2) is 0 Å². The first-order chi connectivity index (χ1) is 10.7. The summed E-state index contributed by atoms with van der Waals surface area (Å²) in [5, 5.41) is 18.0. The van der Waals surface area contributed by atoms with E-state index in [4.69, 9.17) is 5.11 Å². The number of carboxylic acid groups (broad SMARTS) is 1. The second-order valence-corrected chi connectivity index (χ2v) is 5.94. The lowest BCUT2D eigenvalue weighted by Crippen LogP contribution is -1.98. The predicted octanol–water partition coefficient (Wildman–Crippen LogP) is 5.34. The number of rotatable bonds is 14. The molecule has 0 aromatic heterocycles. The van der Waals surface area contributed by atoms with Crippen molar-refractivity contribution in [3.63, 3.8) is 0 Å². The summed E-state index contributed by atoms with van der Waals surface area (Å²) in [6, 6.07) is 0. The average molecular weight is 373 g/mol. The zero-order valence-electron chi connectivity index (χ0n) is 13.3. The van der Waals surface area contributed by atoms with E-state index in [9.17, 15) is 9.90 Å². The van der Waals surface area contributed by atoms with Crippen molar-refractivity contribution in [1.29, 1.82) is 0 Å². The molecule has 0 aromatic rings. The Morgan fingerprint density at radius 3 is 2.18 bits per heavy atom. The highest BCUT2D eigenvalue weighted by molar-refractivity contribution is 9.11. The first-order valence-corrected chi connectivity index (χ1v) is 9.14. The molecule has 2 N–H and O–H groups in total. The number of aliphatic hydroxyl groups excluding tert-OH is 1. The molecule has 0 saturated heterocycles. The molecule has 0 rings (SSSR count). The summed E-state index contributed by atoms with van der Waals surface area (Å²) in [6.07, 6.45) is 16.5. The first kappa shape index (κ1) is 21.2. The van der Waals surface area contributed by atoms with E-state index in [1.54, 1.807) is 11.1 Å². The van der Waals surface area contributed by atoms with Crippen LogP contribution in [0.1, 0.15) is 70.6 Å².